The summed E-state index contributed by atoms with van der Waals surface area (Å²) in [7, 11) is 0. The molecular weight excluding hydrogens is 253 g/mol. The lowest BCUT2D eigenvalue weighted by Gasteiger charge is -2.23. The largest absolute Gasteiger partial charge is 0.399 e. The summed E-state index contributed by atoms with van der Waals surface area (Å²) < 4.78 is 13.3. The fraction of sp³-hybridized carbons (Fsp3) is 0.188. The second-order valence-electron chi connectivity index (χ2n) is 4.53. The van der Waals surface area contributed by atoms with E-state index in [2.05, 4.69) is 4.90 Å². The van der Waals surface area contributed by atoms with Crippen LogP contribution >= 0.6 is 0 Å². The van der Waals surface area contributed by atoms with Gasteiger partial charge in [0.2, 0.25) is 0 Å². The Labute approximate surface area is 118 Å². The summed E-state index contributed by atoms with van der Waals surface area (Å²) in [5, 5.41) is 8.86. The third-order valence-corrected chi connectivity index (χ3v) is 3.16. The highest BCUT2D eigenvalue weighted by atomic mass is 19.1. The molecule has 0 radical (unpaired) electrons. The summed E-state index contributed by atoms with van der Waals surface area (Å²) >= 11 is 0. The van der Waals surface area contributed by atoms with Gasteiger partial charge in [0.15, 0.2) is 0 Å². The maximum absolute atomic E-state index is 13.3. The summed E-state index contributed by atoms with van der Waals surface area (Å²) in [5.41, 5.74) is 8.43. The molecule has 0 fully saturated rings. The number of nitrogens with zero attached hydrogens (tertiary/aromatic N) is 2. The fourth-order valence-electron chi connectivity index (χ4n) is 2.05. The molecule has 2 rings (SSSR count). The van der Waals surface area contributed by atoms with Crippen molar-refractivity contribution in [3.63, 3.8) is 0 Å². The lowest BCUT2D eigenvalue weighted by Crippen LogP contribution is -2.22. The van der Waals surface area contributed by atoms with Gasteiger partial charge in [0.25, 0.3) is 0 Å². The van der Waals surface area contributed by atoms with Crippen molar-refractivity contribution >= 4 is 11.4 Å². The Morgan fingerprint density at radius 1 is 1.20 bits per heavy atom. The number of rotatable bonds is 4. The molecular formula is C16H16FN3. The predicted molar refractivity (Wildman–Crippen MR) is 78.7 cm³/mol. The molecule has 0 spiro atoms. The maximum atomic E-state index is 13.3. The van der Waals surface area contributed by atoms with Gasteiger partial charge in [-0.15, -0.1) is 0 Å². The van der Waals surface area contributed by atoms with Crippen molar-refractivity contribution in [2.24, 2.45) is 0 Å². The van der Waals surface area contributed by atoms with Crippen LogP contribution in [0.25, 0.3) is 0 Å². The second kappa shape index (κ2) is 6.07. The standard InChI is InChI=1S/C16H16FN3/c1-2-20(15-6-4-14(19)5-7-15)11-12-3-8-16(17)13(9-12)10-18/h3-9H,2,11,19H2,1H3. The van der Waals surface area contributed by atoms with Crippen molar-refractivity contribution < 1.29 is 4.39 Å². The van der Waals surface area contributed by atoms with E-state index in [0.29, 0.717) is 6.54 Å². The van der Waals surface area contributed by atoms with Gasteiger partial charge >= 0.3 is 0 Å². The van der Waals surface area contributed by atoms with Crippen LogP contribution in [0.3, 0.4) is 0 Å². The van der Waals surface area contributed by atoms with E-state index in [1.807, 2.05) is 37.3 Å². The number of halogens is 1. The van der Waals surface area contributed by atoms with Crippen LogP contribution in [0.2, 0.25) is 0 Å². The molecule has 0 saturated heterocycles. The number of hydrogen-bond acceptors (Lipinski definition) is 3. The van der Waals surface area contributed by atoms with Crippen LogP contribution in [0.15, 0.2) is 42.5 Å². The zero-order valence-electron chi connectivity index (χ0n) is 11.3. The van der Waals surface area contributed by atoms with Gasteiger partial charge in [-0.05, 0) is 48.9 Å². The van der Waals surface area contributed by atoms with E-state index in [4.69, 9.17) is 11.0 Å². The molecule has 4 heteroatoms. The van der Waals surface area contributed by atoms with E-state index in [-0.39, 0.29) is 5.56 Å². The molecule has 0 aromatic heterocycles. The predicted octanol–water partition coefficient (Wildman–Crippen LogP) is 3.31. The second-order valence-corrected chi connectivity index (χ2v) is 4.53. The van der Waals surface area contributed by atoms with Gasteiger partial charge in [-0.3, -0.25) is 0 Å². The Bertz CT molecular complexity index is 629. The van der Waals surface area contributed by atoms with E-state index < -0.39 is 5.82 Å². The summed E-state index contributed by atoms with van der Waals surface area (Å²) in [4.78, 5) is 2.13. The van der Waals surface area contributed by atoms with E-state index in [1.54, 1.807) is 12.1 Å². The lowest BCUT2D eigenvalue weighted by molar-refractivity contribution is 0.622. The van der Waals surface area contributed by atoms with Gasteiger partial charge in [-0.25, -0.2) is 4.39 Å². The number of anilines is 2. The van der Waals surface area contributed by atoms with Crippen LogP contribution in [-0.4, -0.2) is 6.54 Å². The average molecular weight is 269 g/mol. The third-order valence-electron chi connectivity index (χ3n) is 3.16. The third kappa shape index (κ3) is 3.07. The average Bonchev–Trinajstić information content (AvgIpc) is 2.47. The van der Waals surface area contributed by atoms with Gasteiger partial charge < -0.3 is 10.6 Å². The van der Waals surface area contributed by atoms with Crippen molar-refractivity contribution in [2.75, 3.05) is 17.2 Å². The van der Waals surface area contributed by atoms with Gasteiger partial charge in [0, 0.05) is 24.5 Å². The van der Waals surface area contributed by atoms with Crippen molar-refractivity contribution in [1.82, 2.24) is 0 Å². The van der Waals surface area contributed by atoms with E-state index >= 15 is 0 Å². The topological polar surface area (TPSA) is 53.0 Å². The SMILES string of the molecule is CCN(Cc1ccc(F)c(C#N)c1)c1ccc(N)cc1. The van der Waals surface area contributed by atoms with Crippen molar-refractivity contribution in [3.05, 3.63) is 59.4 Å². The molecule has 2 aromatic rings. The summed E-state index contributed by atoms with van der Waals surface area (Å²) in [5.74, 6) is -0.480. The molecule has 0 atom stereocenters. The van der Waals surface area contributed by atoms with E-state index in [1.165, 1.54) is 6.07 Å². The molecule has 0 amide bonds. The smallest absolute Gasteiger partial charge is 0.140 e. The zero-order valence-corrected chi connectivity index (χ0v) is 11.3. The Hall–Kier alpha value is -2.54. The zero-order chi connectivity index (χ0) is 14.5. The van der Waals surface area contributed by atoms with Crippen LogP contribution < -0.4 is 10.6 Å². The Morgan fingerprint density at radius 3 is 2.50 bits per heavy atom. The minimum atomic E-state index is -0.480. The first kappa shape index (κ1) is 13.9. The van der Waals surface area contributed by atoms with Crippen LogP contribution in [0, 0.1) is 17.1 Å². The monoisotopic (exact) mass is 269 g/mol. The highest BCUT2D eigenvalue weighted by Crippen LogP contribution is 2.19. The number of nitrogens with two attached hydrogens (primary N) is 1. The van der Waals surface area contributed by atoms with Crippen molar-refractivity contribution in [1.29, 1.82) is 5.26 Å². The normalized spacial score (nSPS) is 10.1. The molecule has 2 N–H and O–H groups in total. The molecule has 0 saturated carbocycles. The molecule has 0 aliphatic heterocycles. The maximum Gasteiger partial charge on any atom is 0.140 e. The van der Waals surface area contributed by atoms with Crippen molar-refractivity contribution in [3.8, 4) is 6.07 Å². The van der Waals surface area contributed by atoms with E-state index in [0.717, 1.165) is 23.5 Å². The minimum Gasteiger partial charge on any atom is -0.399 e. The summed E-state index contributed by atoms with van der Waals surface area (Å²) in [6, 6.07) is 14.1. The number of nitrogen functional groups attached to an aromatic ring is 1. The number of nitriles is 1. The molecule has 102 valence electrons. The number of benzene rings is 2. The van der Waals surface area contributed by atoms with Crippen LogP contribution in [0.1, 0.15) is 18.1 Å². The fourth-order valence-corrected chi connectivity index (χ4v) is 2.05. The number of hydrogen-bond donors (Lipinski definition) is 1. The van der Waals surface area contributed by atoms with Gasteiger partial charge in [-0.2, -0.15) is 5.26 Å². The Morgan fingerprint density at radius 2 is 1.90 bits per heavy atom. The van der Waals surface area contributed by atoms with Crippen LogP contribution in [-0.2, 0) is 6.54 Å². The lowest BCUT2D eigenvalue weighted by atomic mass is 10.1. The first-order valence-corrected chi connectivity index (χ1v) is 6.43. The van der Waals surface area contributed by atoms with Crippen LogP contribution in [0.5, 0.6) is 0 Å². The summed E-state index contributed by atoms with van der Waals surface area (Å²) in [6.07, 6.45) is 0. The highest BCUT2D eigenvalue weighted by molar-refractivity contribution is 5.53. The molecule has 0 heterocycles. The Kier molecular flexibility index (Phi) is 4.21. The highest BCUT2D eigenvalue weighted by Gasteiger charge is 2.08. The van der Waals surface area contributed by atoms with Gasteiger partial charge in [0.05, 0.1) is 5.56 Å². The molecule has 2 aromatic carbocycles. The quantitative estimate of drug-likeness (QED) is 0.866. The van der Waals surface area contributed by atoms with E-state index in [9.17, 15) is 4.39 Å². The minimum absolute atomic E-state index is 0.0795. The molecule has 0 bridgehead atoms. The molecule has 20 heavy (non-hydrogen) atoms. The molecule has 0 aliphatic carbocycles. The first-order valence-electron chi connectivity index (χ1n) is 6.43. The van der Waals surface area contributed by atoms with Gasteiger partial charge in [-0.1, -0.05) is 6.07 Å². The van der Waals surface area contributed by atoms with Gasteiger partial charge in [0.1, 0.15) is 11.9 Å². The molecule has 0 aliphatic rings. The Balaban J connectivity index is 2.22. The first-order chi connectivity index (χ1) is 9.63. The summed E-state index contributed by atoms with van der Waals surface area (Å²) in [6.45, 7) is 3.48. The van der Waals surface area contributed by atoms with Crippen molar-refractivity contribution in [2.45, 2.75) is 13.5 Å². The molecule has 3 nitrogen and oxygen atoms in total. The molecule has 0 unspecified atom stereocenters. The van der Waals surface area contributed by atoms with Crippen LogP contribution in [0.4, 0.5) is 15.8 Å².